The highest BCUT2D eigenvalue weighted by atomic mass is 19.3. The molecule has 0 saturated carbocycles. The molecular formula is C10H9F3O2. The molecule has 1 aromatic rings. The monoisotopic (exact) mass is 218 g/mol. The topological polar surface area (TPSA) is 29.5 Å². The molecule has 1 rings (SSSR count). The predicted molar refractivity (Wildman–Crippen MR) is 49.2 cm³/mol. The van der Waals surface area contributed by atoms with E-state index in [0.717, 1.165) is 12.1 Å². The average molecular weight is 218 g/mol. The Morgan fingerprint density at radius 2 is 2.13 bits per heavy atom. The molecule has 0 bridgehead atoms. The molecule has 0 unspecified atom stereocenters. The van der Waals surface area contributed by atoms with Gasteiger partial charge in [0.15, 0.2) is 11.6 Å². The van der Waals surface area contributed by atoms with Crippen LogP contribution in [0.2, 0.25) is 0 Å². The van der Waals surface area contributed by atoms with Crippen molar-refractivity contribution in [2.75, 3.05) is 6.61 Å². The van der Waals surface area contributed by atoms with Gasteiger partial charge in [0.05, 0.1) is 6.61 Å². The summed E-state index contributed by atoms with van der Waals surface area (Å²) in [4.78, 5) is 0. The van der Waals surface area contributed by atoms with Crippen LogP contribution in [0.25, 0.3) is 5.57 Å². The minimum Gasteiger partial charge on any atom is -0.432 e. The lowest BCUT2D eigenvalue weighted by Crippen LogP contribution is -2.04. The maximum Gasteiger partial charge on any atom is 0.387 e. The van der Waals surface area contributed by atoms with Gasteiger partial charge in [0.2, 0.25) is 0 Å². The van der Waals surface area contributed by atoms with Crippen molar-refractivity contribution < 1.29 is 23.0 Å². The Hall–Kier alpha value is -1.49. The zero-order chi connectivity index (χ0) is 11.4. The Bertz CT molecular complexity index is 364. The van der Waals surface area contributed by atoms with Gasteiger partial charge in [-0.05, 0) is 23.3 Å². The van der Waals surface area contributed by atoms with Crippen molar-refractivity contribution in [2.45, 2.75) is 6.61 Å². The zero-order valence-corrected chi connectivity index (χ0v) is 7.71. The molecule has 0 aromatic heterocycles. The molecule has 0 heterocycles. The molecule has 0 aliphatic rings. The molecule has 0 aliphatic carbocycles. The molecule has 0 saturated heterocycles. The van der Waals surface area contributed by atoms with Crippen molar-refractivity contribution in [2.24, 2.45) is 0 Å². The molecule has 5 heteroatoms. The molecular weight excluding hydrogens is 209 g/mol. The summed E-state index contributed by atoms with van der Waals surface area (Å²) in [5.41, 5.74) is 0.656. The maximum atomic E-state index is 12.9. The van der Waals surface area contributed by atoms with E-state index in [1.165, 1.54) is 6.07 Å². The Balaban J connectivity index is 2.99. The summed E-state index contributed by atoms with van der Waals surface area (Å²) in [7, 11) is 0. The minimum atomic E-state index is -3.09. The standard InChI is InChI=1S/C10H9F3O2/c1-6(5-14)7-2-3-8(11)9(4-7)15-10(12)13/h2-4,10,14H,1,5H2. The van der Waals surface area contributed by atoms with Gasteiger partial charge < -0.3 is 9.84 Å². The SMILES string of the molecule is C=C(CO)c1ccc(F)c(OC(F)F)c1. The maximum absolute atomic E-state index is 12.9. The van der Waals surface area contributed by atoms with E-state index in [0.29, 0.717) is 11.1 Å². The summed E-state index contributed by atoms with van der Waals surface area (Å²) in [6, 6.07) is 3.38. The summed E-state index contributed by atoms with van der Waals surface area (Å²) in [5, 5.41) is 8.75. The smallest absolute Gasteiger partial charge is 0.387 e. The van der Waals surface area contributed by atoms with E-state index < -0.39 is 18.2 Å². The third kappa shape index (κ3) is 2.99. The van der Waals surface area contributed by atoms with Gasteiger partial charge in [-0.1, -0.05) is 12.6 Å². The minimum absolute atomic E-state index is 0.300. The number of aliphatic hydroxyl groups excluding tert-OH is 1. The highest BCUT2D eigenvalue weighted by Gasteiger charge is 2.11. The highest BCUT2D eigenvalue weighted by molar-refractivity contribution is 5.65. The second-order valence-electron chi connectivity index (χ2n) is 2.79. The van der Waals surface area contributed by atoms with Crippen molar-refractivity contribution in [3.8, 4) is 5.75 Å². The first-order valence-corrected chi connectivity index (χ1v) is 4.08. The third-order valence-electron chi connectivity index (χ3n) is 1.75. The largest absolute Gasteiger partial charge is 0.432 e. The van der Waals surface area contributed by atoms with Gasteiger partial charge in [0, 0.05) is 0 Å². The van der Waals surface area contributed by atoms with E-state index in [1.54, 1.807) is 0 Å². The van der Waals surface area contributed by atoms with Gasteiger partial charge in [0.25, 0.3) is 0 Å². The van der Waals surface area contributed by atoms with Gasteiger partial charge in [-0.25, -0.2) is 4.39 Å². The summed E-state index contributed by atoms with van der Waals surface area (Å²) in [5.74, 6) is -1.44. The Kier molecular flexibility index (Phi) is 3.74. The number of benzene rings is 1. The van der Waals surface area contributed by atoms with Crippen molar-refractivity contribution in [3.63, 3.8) is 0 Å². The van der Waals surface area contributed by atoms with E-state index in [1.807, 2.05) is 0 Å². The lowest BCUT2D eigenvalue weighted by Gasteiger charge is -2.08. The van der Waals surface area contributed by atoms with Gasteiger partial charge in [-0.2, -0.15) is 8.78 Å². The van der Waals surface area contributed by atoms with Crippen LogP contribution in [0.3, 0.4) is 0 Å². The quantitative estimate of drug-likeness (QED) is 0.841. The van der Waals surface area contributed by atoms with Crippen LogP contribution in [0.4, 0.5) is 13.2 Å². The summed E-state index contributed by atoms with van der Waals surface area (Å²) in [6.45, 7) is 0.0583. The predicted octanol–water partition coefficient (Wildman–Crippen LogP) is 2.43. The van der Waals surface area contributed by atoms with Crippen molar-refractivity contribution in [1.29, 1.82) is 0 Å². The van der Waals surface area contributed by atoms with E-state index in [2.05, 4.69) is 11.3 Å². The molecule has 82 valence electrons. The fraction of sp³-hybridized carbons (Fsp3) is 0.200. The molecule has 0 fully saturated rings. The number of halogens is 3. The molecule has 0 radical (unpaired) electrons. The lowest BCUT2D eigenvalue weighted by atomic mass is 10.1. The molecule has 0 aliphatic heterocycles. The first kappa shape index (κ1) is 11.6. The van der Waals surface area contributed by atoms with Gasteiger partial charge in [-0.15, -0.1) is 0 Å². The number of aliphatic hydroxyl groups is 1. The normalized spacial score (nSPS) is 10.5. The van der Waals surface area contributed by atoms with Crippen LogP contribution in [-0.2, 0) is 0 Å². The average Bonchev–Trinajstić information content (AvgIpc) is 2.19. The fourth-order valence-corrected chi connectivity index (χ4v) is 1.00. The lowest BCUT2D eigenvalue weighted by molar-refractivity contribution is -0.0521. The third-order valence-corrected chi connectivity index (χ3v) is 1.75. The van der Waals surface area contributed by atoms with Crippen molar-refractivity contribution in [1.82, 2.24) is 0 Å². The van der Waals surface area contributed by atoms with Gasteiger partial charge in [-0.3, -0.25) is 0 Å². The summed E-state index contributed by atoms with van der Waals surface area (Å²) in [6.07, 6.45) is 0. The van der Waals surface area contributed by atoms with Crippen LogP contribution >= 0.6 is 0 Å². The molecule has 1 aromatic carbocycles. The second-order valence-corrected chi connectivity index (χ2v) is 2.79. The summed E-state index contributed by atoms with van der Waals surface area (Å²) < 4.78 is 40.6. The Labute approximate surface area is 84.6 Å². The first-order valence-electron chi connectivity index (χ1n) is 4.08. The van der Waals surface area contributed by atoms with Crippen LogP contribution in [0.15, 0.2) is 24.8 Å². The van der Waals surface area contributed by atoms with Gasteiger partial charge >= 0.3 is 6.61 Å². The second kappa shape index (κ2) is 4.84. The van der Waals surface area contributed by atoms with Crippen LogP contribution in [0.5, 0.6) is 5.75 Å². The molecule has 15 heavy (non-hydrogen) atoms. The van der Waals surface area contributed by atoms with Crippen LogP contribution in [0, 0.1) is 5.82 Å². The highest BCUT2D eigenvalue weighted by Crippen LogP contribution is 2.23. The number of alkyl halides is 2. The zero-order valence-electron chi connectivity index (χ0n) is 7.71. The number of hydrogen-bond acceptors (Lipinski definition) is 2. The van der Waals surface area contributed by atoms with Crippen molar-refractivity contribution in [3.05, 3.63) is 36.2 Å². The number of hydrogen-bond donors (Lipinski definition) is 1. The van der Waals surface area contributed by atoms with Gasteiger partial charge in [0.1, 0.15) is 0 Å². The van der Waals surface area contributed by atoms with Crippen LogP contribution in [-0.4, -0.2) is 18.3 Å². The molecule has 0 amide bonds. The van der Waals surface area contributed by atoms with E-state index in [-0.39, 0.29) is 6.61 Å². The van der Waals surface area contributed by atoms with E-state index in [9.17, 15) is 13.2 Å². The van der Waals surface area contributed by atoms with E-state index in [4.69, 9.17) is 5.11 Å². The van der Waals surface area contributed by atoms with E-state index >= 15 is 0 Å². The molecule has 0 spiro atoms. The molecule has 0 atom stereocenters. The Morgan fingerprint density at radius 3 is 2.67 bits per heavy atom. The Morgan fingerprint density at radius 1 is 1.47 bits per heavy atom. The molecule has 2 nitrogen and oxygen atoms in total. The molecule has 1 N–H and O–H groups in total. The van der Waals surface area contributed by atoms with Crippen LogP contribution in [0.1, 0.15) is 5.56 Å². The summed E-state index contributed by atoms with van der Waals surface area (Å²) >= 11 is 0. The number of ether oxygens (including phenoxy) is 1. The number of rotatable bonds is 4. The van der Waals surface area contributed by atoms with Crippen molar-refractivity contribution >= 4 is 5.57 Å². The first-order chi connectivity index (χ1) is 7.04. The fourth-order valence-electron chi connectivity index (χ4n) is 1.00. The van der Waals surface area contributed by atoms with Crippen LogP contribution < -0.4 is 4.74 Å².